The lowest BCUT2D eigenvalue weighted by Crippen LogP contribution is -1.98. The minimum atomic E-state index is -0.158. The second kappa shape index (κ2) is 4.53. The molecule has 1 aromatic carbocycles. The molecule has 0 saturated heterocycles. The molecule has 0 spiro atoms. The van der Waals surface area contributed by atoms with Crippen LogP contribution in [0.25, 0.3) is 10.9 Å². The van der Waals surface area contributed by atoms with Crippen molar-refractivity contribution < 1.29 is 9.53 Å². The number of nitrogens with zero attached hydrogens (tertiary/aromatic N) is 1. The van der Waals surface area contributed by atoms with Crippen LogP contribution in [-0.2, 0) is 0 Å². The first-order valence-corrected chi connectivity index (χ1v) is 5.65. The molecule has 0 radical (unpaired) electrons. The van der Waals surface area contributed by atoms with E-state index in [1.54, 1.807) is 7.11 Å². The van der Waals surface area contributed by atoms with Gasteiger partial charge < -0.3 is 9.72 Å². The Bertz CT molecular complexity index is 662. The number of ether oxygens (including phenoxy) is 1. The Morgan fingerprint density at radius 2 is 2.17 bits per heavy atom. The molecular formula is C14H14N2O2. The number of rotatable bonds is 3. The van der Waals surface area contributed by atoms with E-state index in [0.29, 0.717) is 11.3 Å². The third-order valence-electron chi connectivity index (χ3n) is 2.94. The molecule has 18 heavy (non-hydrogen) atoms. The van der Waals surface area contributed by atoms with E-state index < -0.39 is 0 Å². The average molecular weight is 242 g/mol. The Kier molecular flexibility index (Phi) is 3.07. The van der Waals surface area contributed by atoms with E-state index in [-0.39, 0.29) is 12.2 Å². The van der Waals surface area contributed by atoms with E-state index in [0.717, 1.165) is 22.2 Å². The van der Waals surface area contributed by atoms with Crippen molar-refractivity contribution in [3.63, 3.8) is 0 Å². The second-order valence-electron chi connectivity index (χ2n) is 4.27. The summed E-state index contributed by atoms with van der Waals surface area (Å²) in [7, 11) is 1.60. The van der Waals surface area contributed by atoms with Gasteiger partial charge in [-0.15, -0.1) is 0 Å². The summed E-state index contributed by atoms with van der Waals surface area (Å²) in [6, 6.07) is 5.75. The number of benzene rings is 1. The summed E-state index contributed by atoms with van der Waals surface area (Å²) in [6.07, 6.45) is -0.107. The van der Waals surface area contributed by atoms with Gasteiger partial charge in [-0.25, -0.2) is 0 Å². The van der Waals surface area contributed by atoms with Crippen molar-refractivity contribution >= 4 is 16.7 Å². The number of hydrogen-bond donors (Lipinski definition) is 1. The highest BCUT2D eigenvalue weighted by atomic mass is 16.5. The van der Waals surface area contributed by atoms with Gasteiger partial charge >= 0.3 is 0 Å². The molecule has 2 aromatic rings. The van der Waals surface area contributed by atoms with Crippen molar-refractivity contribution in [3.05, 3.63) is 29.0 Å². The largest absolute Gasteiger partial charge is 0.495 e. The highest BCUT2D eigenvalue weighted by Gasteiger charge is 2.18. The normalized spacial score (nSPS) is 10.3. The lowest BCUT2D eigenvalue weighted by Gasteiger charge is -2.04. The summed E-state index contributed by atoms with van der Waals surface area (Å²) >= 11 is 0. The highest BCUT2D eigenvalue weighted by molar-refractivity contribution is 6.11. The van der Waals surface area contributed by atoms with Gasteiger partial charge in [0, 0.05) is 16.6 Å². The molecular weight excluding hydrogens is 228 g/mol. The second-order valence-corrected chi connectivity index (χ2v) is 4.27. The summed E-state index contributed by atoms with van der Waals surface area (Å²) in [5, 5.41) is 9.47. The van der Waals surface area contributed by atoms with Crippen LogP contribution in [0.2, 0.25) is 0 Å². The number of carbonyl (C=O) groups excluding carboxylic acids is 1. The van der Waals surface area contributed by atoms with Gasteiger partial charge in [-0.05, 0) is 31.5 Å². The van der Waals surface area contributed by atoms with Crippen LogP contribution < -0.4 is 4.74 Å². The van der Waals surface area contributed by atoms with E-state index in [9.17, 15) is 4.79 Å². The molecule has 0 aliphatic carbocycles. The van der Waals surface area contributed by atoms with Crippen LogP contribution >= 0.6 is 0 Å². The van der Waals surface area contributed by atoms with Gasteiger partial charge in [0.2, 0.25) is 0 Å². The molecule has 4 heteroatoms. The minimum absolute atomic E-state index is 0.107. The predicted octanol–water partition coefficient (Wildman–Crippen LogP) is 2.89. The third kappa shape index (κ3) is 1.84. The number of hydrogen-bond acceptors (Lipinski definition) is 3. The van der Waals surface area contributed by atoms with E-state index in [4.69, 9.17) is 10.00 Å². The maximum Gasteiger partial charge on any atom is 0.179 e. The number of aryl methyl sites for hydroxylation is 2. The molecule has 0 aliphatic rings. The number of fused-ring (bicyclic) bond motifs is 1. The first-order chi connectivity index (χ1) is 8.58. The van der Waals surface area contributed by atoms with E-state index in [1.165, 1.54) is 0 Å². The average Bonchev–Trinajstić information content (AvgIpc) is 2.64. The number of aromatic amines is 1. The lowest BCUT2D eigenvalue weighted by molar-refractivity contribution is 0.0999. The Morgan fingerprint density at radius 1 is 1.44 bits per heavy atom. The molecule has 0 unspecified atom stereocenters. The summed E-state index contributed by atoms with van der Waals surface area (Å²) in [4.78, 5) is 15.1. The fraction of sp³-hybridized carbons (Fsp3) is 0.286. The van der Waals surface area contributed by atoms with Crippen molar-refractivity contribution in [2.24, 2.45) is 0 Å². The number of aromatic nitrogens is 1. The van der Waals surface area contributed by atoms with Crippen LogP contribution in [0.4, 0.5) is 0 Å². The van der Waals surface area contributed by atoms with Crippen molar-refractivity contribution in [3.8, 4) is 11.8 Å². The van der Waals surface area contributed by atoms with Gasteiger partial charge in [0.25, 0.3) is 0 Å². The van der Waals surface area contributed by atoms with Crippen molar-refractivity contribution in [2.75, 3.05) is 7.11 Å². The number of nitriles is 1. The zero-order valence-corrected chi connectivity index (χ0v) is 10.6. The van der Waals surface area contributed by atoms with Crippen molar-refractivity contribution in [2.45, 2.75) is 20.3 Å². The molecule has 0 amide bonds. The summed E-state index contributed by atoms with van der Waals surface area (Å²) < 4.78 is 5.31. The van der Waals surface area contributed by atoms with Gasteiger partial charge in [0.15, 0.2) is 5.78 Å². The number of methoxy groups -OCH3 is 1. The molecule has 0 bridgehead atoms. The standard InChI is InChI=1S/C14H14N2O2/c1-8-6-10-13(11(17)4-5-15)9(2)16-14(10)12(7-8)18-3/h6-7,16H,4H2,1-3H3. The monoisotopic (exact) mass is 242 g/mol. The first kappa shape index (κ1) is 12.2. The Hall–Kier alpha value is -2.28. The highest BCUT2D eigenvalue weighted by Crippen LogP contribution is 2.31. The first-order valence-electron chi connectivity index (χ1n) is 5.65. The Balaban J connectivity index is 2.75. The van der Waals surface area contributed by atoms with Gasteiger partial charge in [-0.1, -0.05) is 0 Å². The Morgan fingerprint density at radius 3 is 2.78 bits per heavy atom. The summed E-state index contributed by atoms with van der Waals surface area (Å²) in [5.74, 6) is 0.554. The molecule has 0 aliphatic heterocycles. The molecule has 1 aromatic heterocycles. The van der Waals surface area contributed by atoms with Gasteiger partial charge in [-0.2, -0.15) is 5.26 Å². The third-order valence-corrected chi connectivity index (χ3v) is 2.94. The SMILES string of the molecule is COc1cc(C)cc2c(C(=O)CC#N)c(C)[nH]c12. The molecule has 0 fully saturated rings. The molecule has 0 saturated carbocycles. The fourth-order valence-electron chi connectivity index (χ4n) is 2.21. The minimum Gasteiger partial charge on any atom is -0.495 e. The van der Waals surface area contributed by atoms with Gasteiger partial charge in [0.05, 0.1) is 25.1 Å². The van der Waals surface area contributed by atoms with Crippen LogP contribution in [0.3, 0.4) is 0 Å². The molecule has 4 nitrogen and oxygen atoms in total. The quantitative estimate of drug-likeness (QED) is 0.841. The van der Waals surface area contributed by atoms with Crippen LogP contribution in [0.1, 0.15) is 28.0 Å². The molecule has 2 rings (SSSR count). The summed E-state index contributed by atoms with van der Waals surface area (Å²) in [5.41, 5.74) is 3.19. The van der Waals surface area contributed by atoms with E-state index in [1.807, 2.05) is 32.0 Å². The topological polar surface area (TPSA) is 65.9 Å². The molecule has 92 valence electrons. The zero-order chi connectivity index (χ0) is 13.3. The maximum absolute atomic E-state index is 12.0. The van der Waals surface area contributed by atoms with Crippen LogP contribution in [0.5, 0.6) is 5.75 Å². The van der Waals surface area contributed by atoms with Gasteiger partial charge in [-0.3, -0.25) is 4.79 Å². The molecule has 1 heterocycles. The Labute approximate surface area is 105 Å². The number of ketones is 1. The van der Waals surface area contributed by atoms with Crippen molar-refractivity contribution in [1.82, 2.24) is 4.98 Å². The van der Waals surface area contributed by atoms with Crippen LogP contribution in [-0.4, -0.2) is 17.9 Å². The van der Waals surface area contributed by atoms with Crippen LogP contribution in [0, 0.1) is 25.2 Å². The number of nitrogens with one attached hydrogen (secondary N) is 1. The van der Waals surface area contributed by atoms with Crippen molar-refractivity contribution in [1.29, 1.82) is 5.26 Å². The predicted molar refractivity (Wildman–Crippen MR) is 68.9 cm³/mol. The molecule has 0 atom stereocenters. The van der Waals surface area contributed by atoms with Gasteiger partial charge in [0.1, 0.15) is 5.75 Å². The van der Waals surface area contributed by atoms with E-state index in [2.05, 4.69) is 4.98 Å². The fourth-order valence-corrected chi connectivity index (χ4v) is 2.21. The zero-order valence-electron chi connectivity index (χ0n) is 10.6. The number of H-pyrrole nitrogens is 1. The number of carbonyl (C=O) groups is 1. The van der Waals surface area contributed by atoms with E-state index >= 15 is 0 Å². The number of Topliss-reactive ketones (excluding diaryl/α,β-unsaturated/α-hetero) is 1. The van der Waals surface area contributed by atoms with Crippen LogP contribution in [0.15, 0.2) is 12.1 Å². The smallest absolute Gasteiger partial charge is 0.179 e. The molecule has 1 N–H and O–H groups in total. The summed E-state index contributed by atoms with van der Waals surface area (Å²) in [6.45, 7) is 3.78. The maximum atomic E-state index is 12.0. The lowest BCUT2D eigenvalue weighted by atomic mass is 10.0.